The zero-order valence-electron chi connectivity index (χ0n) is 15.2. The third-order valence-electron chi connectivity index (χ3n) is 5.20. The van der Waals surface area contributed by atoms with Gasteiger partial charge < -0.3 is 14.4 Å². The van der Waals surface area contributed by atoms with E-state index in [9.17, 15) is 13.2 Å². The third-order valence-corrected chi connectivity index (χ3v) is 5.45. The van der Waals surface area contributed by atoms with Crippen LogP contribution in [0.1, 0.15) is 12.8 Å². The summed E-state index contributed by atoms with van der Waals surface area (Å²) < 4.78 is 49.0. The summed E-state index contributed by atoms with van der Waals surface area (Å²) in [7, 11) is 1.93. The molecule has 7 nitrogen and oxygen atoms in total. The van der Waals surface area contributed by atoms with Crippen LogP contribution >= 0.6 is 11.6 Å². The molecule has 3 aromatic rings. The summed E-state index contributed by atoms with van der Waals surface area (Å²) in [5.74, 6) is 0.332. The van der Waals surface area contributed by atoms with Gasteiger partial charge in [-0.25, -0.2) is 0 Å². The highest BCUT2D eigenvalue weighted by Gasteiger charge is 2.47. The minimum Gasteiger partial charge on any atom is -0.487 e. The maximum Gasteiger partial charge on any atom is 0.573 e. The number of nitrogens with zero attached hydrogens (tertiary/aromatic N) is 5. The van der Waals surface area contributed by atoms with Crippen molar-refractivity contribution in [1.82, 2.24) is 19.8 Å². The van der Waals surface area contributed by atoms with Gasteiger partial charge in [0.2, 0.25) is 5.65 Å². The molecule has 0 atom stereocenters. The normalized spacial score (nSPS) is 17.8. The van der Waals surface area contributed by atoms with Gasteiger partial charge in [0.05, 0.1) is 6.61 Å². The van der Waals surface area contributed by atoms with E-state index in [-0.39, 0.29) is 22.1 Å². The van der Waals surface area contributed by atoms with Gasteiger partial charge in [-0.15, -0.1) is 28.5 Å². The van der Waals surface area contributed by atoms with Crippen LogP contribution in [0, 0.1) is 5.41 Å². The van der Waals surface area contributed by atoms with Crippen LogP contribution in [0.15, 0.2) is 24.3 Å². The first-order valence-electron chi connectivity index (χ1n) is 8.90. The molecule has 1 saturated carbocycles. The van der Waals surface area contributed by atoms with Crippen molar-refractivity contribution in [1.29, 1.82) is 0 Å². The zero-order chi connectivity index (χ0) is 20.4. The summed E-state index contributed by atoms with van der Waals surface area (Å²) in [6.07, 6.45) is -2.63. The molecular formula is C18H15ClF3N5O2. The number of hydrogen-bond acceptors (Lipinski definition) is 6. The Bertz CT molecular complexity index is 1110. The predicted molar refractivity (Wildman–Crippen MR) is 98.3 cm³/mol. The van der Waals surface area contributed by atoms with Crippen molar-refractivity contribution in [3.8, 4) is 22.9 Å². The van der Waals surface area contributed by atoms with Gasteiger partial charge in [0.1, 0.15) is 11.4 Å². The van der Waals surface area contributed by atoms with Gasteiger partial charge in [-0.05, 0) is 25.0 Å². The first kappa shape index (κ1) is 18.3. The molecule has 29 heavy (non-hydrogen) atoms. The van der Waals surface area contributed by atoms with E-state index in [1.807, 2.05) is 11.9 Å². The minimum atomic E-state index is -4.79. The van der Waals surface area contributed by atoms with Crippen molar-refractivity contribution in [2.24, 2.45) is 5.41 Å². The van der Waals surface area contributed by atoms with Crippen LogP contribution < -0.4 is 14.4 Å². The van der Waals surface area contributed by atoms with Crippen LogP contribution in [0.2, 0.25) is 5.15 Å². The molecule has 1 aliphatic carbocycles. The van der Waals surface area contributed by atoms with Crippen LogP contribution in [0.4, 0.5) is 18.9 Å². The summed E-state index contributed by atoms with van der Waals surface area (Å²) >= 11 is 6.39. The highest BCUT2D eigenvalue weighted by molar-refractivity contribution is 6.31. The van der Waals surface area contributed by atoms with Crippen molar-refractivity contribution in [2.75, 3.05) is 25.1 Å². The second kappa shape index (κ2) is 6.12. The zero-order valence-corrected chi connectivity index (χ0v) is 16.0. The number of fused-ring (bicyclic) bond motifs is 3. The smallest absolute Gasteiger partial charge is 0.487 e. The fraction of sp³-hybridized carbons (Fsp3) is 0.389. The molecule has 0 radical (unpaired) electrons. The van der Waals surface area contributed by atoms with Gasteiger partial charge in [-0.1, -0.05) is 23.7 Å². The molecule has 152 valence electrons. The van der Waals surface area contributed by atoms with Gasteiger partial charge in [0, 0.05) is 24.6 Å². The second-order valence-corrected chi connectivity index (χ2v) is 7.81. The molecule has 2 aromatic heterocycles. The number of hydrogen-bond donors (Lipinski definition) is 0. The number of halogens is 4. The maximum atomic E-state index is 12.6. The van der Waals surface area contributed by atoms with E-state index in [0.717, 1.165) is 19.4 Å². The number of aromatic nitrogens is 4. The van der Waals surface area contributed by atoms with Gasteiger partial charge in [-0.2, -0.15) is 4.52 Å². The molecule has 0 unspecified atom stereocenters. The molecule has 5 rings (SSSR count). The van der Waals surface area contributed by atoms with E-state index in [1.54, 1.807) is 6.07 Å². The van der Waals surface area contributed by atoms with E-state index in [2.05, 4.69) is 20.0 Å². The lowest BCUT2D eigenvalue weighted by atomic mass is 10.1. The number of ether oxygens (including phenoxy) is 2. The van der Waals surface area contributed by atoms with Gasteiger partial charge >= 0.3 is 6.36 Å². The predicted octanol–water partition coefficient (Wildman–Crippen LogP) is 3.95. The molecular weight excluding hydrogens is 411 g/mol. The molecule has 1 aromatic carbocycles. The SMILES string of the molecule is CN1CC2(CC2)COc2c(Cl)nn3c(-c4cccc(OC(F)(F)F)c4)nnc3c21. The number of anilines is 1. The molecule has 1 fully saturated rings. The first-order chi connectivity index (χ1) is 13.7. The molecule has 11 heteroatoms. The Morgan fingerprint density at radius 3 is 2.76 bits per heavy atom. The van der Waals surface area contributed by atoms with Crippen LogP contribution in [-0.2, 0) is 0 Å². The van der Waals surface area contributed by atoms with Crippen LogP contribution in [-0.4, -0.2) is 46.4 Å². The number of benzene rings is 1. The molecule has 0 N–H and O–H groups in total. The molecule has 2 aliphatic rings. The summed E-state index contributed by atoms with van der Waals surface area (Å²) in [5, 5.41) is 12.8. The summed E-state index contributed by atoms with van der Waals surface area (Å²) in [6.45, 7) is 1.34. The molecule has 1 aliphatic heterocycles. The van der Waals surface area contributed by atoms with Crippen molar-refractivity contribution < 1.29 is 22.6 Å². The Hall–Kier alpha value is -2.75. The monoisotopic (exact) mass is 425 g/mol. The van der Waals surface area contributed by atoms with E-state index < -0.39 is 6.36 Å². The third kappa shape index (κ3) is 3.21. The van der Waals surface area contributed by atoms with Gasteiger partial charge in [0.15, 0.2) is 16.7 Å². The summed E-state index contributed by atoms with van der Waals surface area (Å²) in [4.78, 5) is 2.03. The molecule has 0 bridgehead atoms. The molecule has 0 amide bonds. The Morgan fingerprint density at radius 2 is 2.03 bits per heavy atom. The molecule has 0 saturated heterocycles. The standard InChI is InChI=1S/C18H15ClF3N5O2/c1-26-8-17(5-6-17)9-28-13-12(26)16-24-23-15(27(16)25-14(13)19)10-3-2-4-11(7-10)29-18(20,21)22/h2-4,7H,5-6,8-9H2,1H3. The van der Waals surface area contributed by atoms with E-state index in [4.69, 9.17) is 16.3 Å². The highest BCUT2D eigenvalue weighted by atomic mass is 35.5. The van der Waals surface area contributed by atoms with Crippen molar-refractivity contribution in [3.05, 3.63) is 29.4 Å². The lowest BCUT2D eigenvalue weighted by Crippen LogP contribution is -2.27. The Kier molecular flexibility index (Phi) is 3.86. The average Bonchev–Trinajstić information content (AvgIpc) is 3.30. The first-order valence-corrected chi connectivity index (χ1v) is 9.28. The largest absolute Gasteiger partial charge is 0.573 e. The van der Waals surface area contributed by atoms with Gasteiger partial charge in [0.25, 0.3) is 0 Å². The summed E-state index contributed by atoms with van der Waals surface area (Å²) in [5.41, 5.74) is 1.55. The Labute approximate surface area is 168 Å². The van der Waals surface area contributed by atoms with Crippen LogP contribution in [0.3, 0.4) is 0 Å². The van der Waals surface area contributed by atoms with Crippen LogP contribution in [0.25, 0.3) is 17.0 Å². The van der Waals surface area contributed by atoms with E-state index in [1.165, 1.54) is 22.7 Å². The molecule has 3 heterocycles. The lowest BCUT2D eigenvalue weighted by molar-refractivity contribution is -0.274. The Morgan fingerprint density at radius 1 is 1.24 bits per heavy atom. The second-order valence-electron chi connectivity index (χ2n) is 7.45. The number of rotatable bonds is 2. The molecule has 1 spiro atoms. The van der Waals surface area contributed by atoms with Crippen molar-refractivity contribution >= 4 is 22.9 Å². The number of alkyl halides is 3. The van der Waals surface area contributed by atoms with E-state index >= 15 is 0 Å². The lowest BCUT2D eigenvalue weighted by Gasteiger charge is -2.21. The minimum absolute atomic E-state index is 0.111. The van der Waals surface area contributed by atoms with Crippen LogP contribution in [0.5, 0.6) is 11.5 Å². The fourth-order valence-corrected chi connectivity index (χ4v) is 3.89. The summed E-state index contributed by atoms with van der Waals surface area (Å²) in [6, 6.07) is 5.48. The Balaban J connectivity index is 1.62. The quantitative estimate of drug-likeness (QED) is 0.619. The maximum absolute atomic E-state index is 12.6. The topological polar surface area (TPSA) is 64.8 Å². The van der Waals surface area contributed by atoms with Crippen molar-refractivity contribution in [2.45, 2.75) is 19.2 Å². The van der Waals surface area contributed by atoms with Gasteiger partial charge in [-0.3, -0.25) is 0 Å². The van der Waals surface area contributed by atoms with Crippen molar-refractivity contribution in [3.63, 3.8) is 0 Å². The average molecular weight is 426 g/mol. The van der Waals surface area contributed by atoms with E-state index in [0.29, 0.717) is 29.3 Å². The highest BCUT2D eigenvalue weighted by Crippen LogP contribution is 2.51. The fourth-order valence-electron chi connectivity index (χ4n) is 3.67.